The Bertz CT molecular complexity index is 421. The second kappa shape index (κ2) is 6.23. The summed E-state index contributed by atoms with van der Waals surface area (Å²) in [6, 6.07) is 6.16. The number of benzene rings is 1. The van der Waals surface area contributed by atoms with E-state index in [2.05, 4.69) is 13.8 Å². The van der Waals surface area contributed by atoms with Crippen molar-refractivity contribution in [2.24, 2.45) is 23.0 Å². The molecular weight excluding hydrogens is 253 g/mol. The Hall–Kier alpha value is -0.930. The first-order chi connectivity index (χ1) is 9.48. The average Bonchev–Trinajstić information content (AvgIpc) is 2.47. The van der Waals surface area contributed by atoms with Crippen LogP contribution in [0.1, 0.15) is 51.2 Å². The van der Waals surface area contributed by atoms with E-state index < -0.39 is 6.10 Å². The zero-order chi connectivity index (χ0) is 14.8. The van der Waals surface area contributed by atoms with Crippen LogP contribution in [0.3, 0.4) is 0 Å². The minimum Gasteiger partial charge on any atom is -0.388 e. The van der Waals surface area contributed by atoms with Gasteiger partial charge in [-0.15, -0.1) is 0 Å². The molecule has 0 aliphatic heterocycles. The van der Waals surface area contributed by atoms with Crippen LogP contribution < -0.4 is 5.73 Å². The minimum absolute atomic E-state index is 0.247. The maximum absolute atomic E-state index is 13.0. The Labute approximate surface area is 121 Å². The summed E-state index contributed by atoms with van der Waals surface area (Å²) >= 11 is 0. The summed E-state index contributed by atoms with van der Waals surface area (Å²) in [6.07, 6.45) is 3.54. The quantitative estimate of drug-likeness (QED) is 0.883. The molecule has 0 radical (unpaired) electrons. The molecule has 0 heterocycles. The van der Waals surface area contributed by atoms with Gasteiger partial charge in [-0.3, -0.25) is 0 Å². The summed E-state index contributed by atoms with van der Waals surface area (Å²) in [6.45, 7) is 5.00. The predicted octanol–water partition coefficient (Wildman–Crippen LogP) is 3.65. The lowest BCUT2D eigenvalue weighted by Gasteiger charge is -2.44. The predicted molar refractivity (Wildman–Crippen MR) is 79.6 cm³/mol. The number of aliphatic hydroxyl groups excluding tert-OH is 1. The molecule has 2 nitrogen and oxygen atoms in total. The third kappa shape index (κ3) is 3.04. The molecule has 20 heavy (non-hydrogen) atoms. The van der Waals surface area contributed by atoms with E-state index in [4.69, 9.17) is 5.73 Å². The molecule has 3 N–H and O–H groups in total. The van der Waals surface area contributed by atoms with E-state index in [0.717, 1.165) is 37.2 Å². The fraction of sp³-hybridized carbons (Fsp3) is 0.647. The van der Waals surface area contributed by atoms with E-state index in [1.807, 2.05) is 0 Å². The Balaban J connectivity index is 2.13. The molecule has 1 aliphatic rings. The Morgan fingerprint density at radius 1 is 1.25 bits per heavy atom. The van der Waals surface area contributed by atoms with Gasteiger partial charge >= 0.3 is 0 Å². The number of aliphatic hydroxyl groups is 1. The van der Waals surface area contributed by atoms with Crippen LogP contribution in [0.15, 0.2) is 24.3 Å². The number of halogens is 1. The van der Waals surface area contributed by atoms with E-state index in [1.54, 1.807) is 12.1 Å². The standard InChI is InChI=1S/C17H26FNO/c1-12(2)13-7-9-17(11-19,10-8-13)16(20)14-3-5-15(18)6-4-14/h3-6,12-13,16,20H,7-11,19H2,1-2H3. The van der Waals surface area contributed by atoms with Crippen molar-refractivity contribution in [1.82, 2.24) is 0 Å². The van der Waals surface area contributed by atoms with Gasteiger partial charge in [0, 0.05) is 12.0 Å². The molecule has 0 saturated heterocycles. The molecule has 1 aromatic rings. The molecule has 112 valence electrons. The molecule has 1 aromatic carbocycles. The first-order valence-corrected chi connectivity index (χ1v) is 7.62. The summed E-state index contributed by atoms with van der Waals surface area (Å²) < 4.78 is 13.0. The van der Waals surface area contributed by atoms with Crippen LogP contribution in [0.2, 0.25) is 0 Å². The van der Waals surface area contributed by atoms with Gasteiger partial charge in [0.25, 0.3) is 0 Å². The maximum atomic E-state index is 13.0. The molecular formula is C17H26FNO. The summed E-state index contributed by atoms with van der Waals surface area (Å²) in [4.78, 5) is 0. The highest BCUT2D eigenvalue weighted by Gasteiger charge is 2.41. The van der Waals surface area contributed by atoms with E-state index in [1.165, 1.54) is 12.1 Å². The molecule has 2 rings (SSSR count). The Kier molecular flexibility index (Phi) is 4.82. The average molecular weight is 279 g/mol. The summed E-state index contributed by atoms with van der Waals surface area (Å²) in [5.41, 5.74) is 6.52. The van der Waals surface area contributed by atoms with Crippen molar-refractivity contribution in [3.63, 3.8) is 0 Å². The van der Waals surface area contributed by atoms with Crippen molar-refractivity contribution in [3.8, 4) is 0 Å². The normalized spacial score (nSPS) is 28.6. The molecule has 1 fully saturated rings. The smallest absolute Gasteiger partial charge is 0.123 e. The van der Waals surface area contributed by atoms with Crippen LogP contribution in [-0.2, 0) is 0 Å². The molecule has 1 saturated carbocycles. The maximum Gasteiger partial charge on any atom is 0.123 e. The number of hydrogen-bond donors (Lipinski definition) is 2. The van der Waals surface area contributed by atoms with E-state index >= 15 is 0 Å². The van der Waals surface area contributed by atoms with Crippen LogP contribution in [0.4, 0.5) is 4.39 Å². The van der Waals surface area contributed by atoms with E-state index in [9.17, 15) is 9.50 Å². The van der Waals surface area contributed by atoms with Gasteiger partial charge < -0.3 is 10.8 Å². The van der Waals surface area contributed by atoms with Gasteiger partial charge in [-0.05, 0) is 55.2 Å². The number of hydrogen-bond acceptors (Lipinski definition) is 2. The second-order valence-electron chi connectivity index (χ2n) is 6.60. The molecule has 0 spiro atoms. The van der Waals surface area contributed by atoms with E-state index in [-0.39, 0.29) is 11.2 Å². The topological polar surface area (TPSA) is 46.2 Å². The van der Waals surface area contributed by atoms with Gasteiger partial charge in [-0.2, -0.15) is 0 Å². The van der Waals surface area contributed by atoms with Gasteiger partial charge in [0.1, 0.15) is 5.82 Å². The molecule has 1 unspecified atom stereocenters. The molecule has 0 aromatic heterocycles. The molecule has 0 bridgehead atoms. The van der Waals surface area contributed by atoms with Crippen molar-refractivity contribution >= 4 is 0 Å². The SMILES string of the molecule is CC(C)C1CCC(CN)(C(O)c2ccc(F)cc2)CC1. The zero-order valence-electron chi connectivity index (χ0n) is 12.5. The first-order valence-electron chi connectivity index (χ1n) is 7.62. The first kappa shape index (κ1) is 15.5. The Morgan fingerprint density at radius 3 is 2.25 bits per heavy atom. The fourth-order valence-electron chi connectivity index (χ4n) is 3.47. The van der Waals surface area contributed by atoms with Crippen LogP contribution in [0, 0.1) is 23.1 Å². The summed E-state index contributed by atoms with van der Waals surface area (Å²) in [5, 5.41) is 10.7. The number of nitrogens with two attached hydrogens (primary N) is 1. The van der Waals surface area contributed by atoms with Gasteiger partial charge in [0.15, 0.2) is 0 Å². The third-order valence-electron chi connectivity index (χ3n) is 5.14. The van der Waals surface area contributed by atoms with Crippen molar-refractivity contribution in [2.75, 3.05) is 6.54 Å². The number of rotatable bonds is 4. The lowest BCUT2D eigenvalue weighted by molar-refractivity contribution is -0.0148. The van der Waals surface area contributed by atoms with Crippen molar-refractivity contribution < 1.29 is 9.50 Å². The zero-order valence-corrected chi connectivity index (χ0v) is 12.5. The van der Waals surface area contributed by atoms with Crippen LogP contribution in [0.25, 0.3) is 0 Å². The molecule has 0 amide bonds. The summed E-state index contributed by atoms with van der Waals surface area (Å²) in [5.74, 6) is 1.15. The molecule has 3 heteroatoms. The van der Waals surface area contributed by atoms with Crippen LogP contribution in [0.5, 0.6) is 0 Å². The van der Waals surface area contributed by atoms with Crippen molar-refractivity contribution in [3.05, 3.63) is 35.6 Å². The molecule has 1 atom stereocenters. The van der Waals surface area contributed by atoms with E-state index in [0.29, 0.717) is 12.5 Å². The monoisotopic (exact) mass is 279 g/mol. The highest BCUT2D eigenvalue weighted by Crippen LogP contribution is 2.48. The van der Waals surface area contributed by atoms with Gasteiger partial charge in [-0.25, -0.2) is 4.39 Å². The largest absolute Gasteiger partial charge is 0.388 e. The van der Waals surface area contributed by atoms with Crippen molar-refractivity contribution in [2.45, 2.75) is 45.6 Å². The van der Waals surface area contributed by atoms with Gasteiger partial charge in [0.2, 0.25) is 0 Å². The Morgan fingerprint density at radius 2 is 1.80 bits per heavy atom. The summed E-state index contributed by atoms with van der Waals surface area (Å²) in [7, 11) is 0. The minimum atomic E-state index is -0.596. The van der Waals surface area contributed by atoms with Crippen LogP contribution in [-0.4, -0.2) is 11.7 Å². The third-order valence-corrected chi connectivity index (χ3v) is 5.14. The highest BCUT2D eigenvalue weighted by molar-refractivity contribution is 5.21. The fourth-order valence-corrected chi connectivity index (χ4v) is 3.47. The van der Waals surface area contributed by atoms with Crippen LogP contribution >= 0.6 is 0 Å². The molecule has 1 aliphatic carbocycles. The van der Waals surface area contributed by atoms with Gasteiger partial charge in [-0.1, -0.05) is 26.0 Å². The van der Waals surface area contributed by atoms with Crippen molar-refractivity contribution in [1.29, 1.82) is 0 Å². The lowest BCUT2D eigenvalue weighted by atomic mass is 9.64. The second-order valence-corrected chi connectivity index (χ2v) is 6.60. The lowest BCUT2D eigenvalue weighted by Crippen LogP contribution is -2.40. The highest BCUT2D eigenvalue weighted by atomic mass is 19.1. The van der Waals surface area contributed by atoms with Gasteiger partial charge in [0.05, 0.1) is 6.10 Å².